The average Bonchev–Trinajstić information content (AvgIpc) is 2.84. The number of halogens is 1. The van der Waals surface area contributed by atoms with Gasteiger partial charge in [-0.3, -0.25) is 9.59 Å². The fourth-order valence-electron chi connectivity index (χ4n) is 3.92. The third-order valence-electron chi connectivity index (χ3n) is 5.97. The van der Waals surface area contributed by atoms with E-state index in [0.29, 0.717) is 19.5 Å². The molecule has 3 aromatic carbocycles. The van der Waals surface area contributed by atoms with Gasteiger partial charge in [0.1, 0.15) is 6.04 Å². The molecule has 0 radical (unpaired) electrons. The lowest BCUT2D eigenvalue weighted by molar-refractivity contribution is -0.140. The monoisotopic (exact) mass is 520 g/mol. The van der Waals surface area contributed by atoms with Gasteiger partial charge in [0.2, 0.25) is 11.8 Å². The average molecular weight is 521 g/mol. The van der Waals surface area contributed by atoms with Crippen LogP contribution in [0, 0.1) is 6.92 Å². The zero-order chi connectivity index (χ0) is 24.3. The summed E-state index contributed by atoms with van der Waals surface area (Å²) in [7, 11) is 0. The molecule has 0 aliphatic rings. The summed E-state index contributed by atoms with van der Waals surface area (Å²) in [6.45, 7) is 5.09. The van der Waals surface area contributed by atoms with Crippen LogP contribution in [-0.4, -0.2) is 29.3 Å². The van der Waals surface area contributed by atoms with Gasteiger partial charge in [0.05, 0.1) is 6.42 Å². The Bertz CT molecular complexity index is 1070. The van der Waals surface area contributed by atoms with Crippen LogP contribution in [0.4, 0.5) is 0 Å². The number of hydrogen-bond donors (Lipinski definition) is 1. The van der Waals surface area contributed by atoms with Crippen molar-refractivity contribution in [1.29, 1.82) is 0 Å². The lowest BCUT2D eigenvalue weighted by atomic mass is 10.00. The second-order valence-corrected chi connectivity index (χ2v) is 9.52. The predicted octanol–water partition coefficient (Wildman–Crippen LogP) is 5.86. The van der Waals surface area contributed by atoms with E-state index in [1.54, 1.807) is 4.90 Å². The Morgan fingerprint density at radius 3 is 2.26 bits per heavy atom. The smallest absolute Gasteiger partial charge is 0.243 e. The SMILES string of the molecule is CCCCNC(=O)[C@H](Cc1ccccc1)N(Cc1ccc(Br)cc1)C(=O)Cc1ccccc1C. The van der Waals surface area contributed by atoms with Crippen molar-refractivity contribution in [3.8, 4) is 0 Å². The molecule has 178 valence electrons. The molecule has 1 N–H and O–H groups in total. The molecule has 0 aliphatic heterocycles. The topological polar surface area (TPSA) is 49.4 Å². The zero-order valence-corrected chi connectivity index (χ0v) is 21.6. The molecule has 0 heterocycles. The third kappa shape index (κ3) is 7.56. The molecule has 0 spiro atoms. The summed E-state index contributed by atoms with van der Waals surface area (Å²) in [6.07, 6.45) is 2.64. The maximum absolute atomic E-state index is 13.7. The molecule has 0 saturated carbocycles. The van der Waals surface area contributed by atoms with Crippen molar-refractivity contribution in [3.63, 3.8) is 0 Å². The third-order valence-corrected chi connectivity index (χ3v) is 6.50. The van der Waals surface area contributed by atoms with E-state index in [-0.39, 0.29) is 18.2 Å². The fraction of sp³-hybridized carbons (Fsp3) is 0.310. The summed E-state index contributed by atoms with van der Waals surface area (Å²) < 4.78 is 0.979. The minimum absolute atomic E-state index is 0.0520. The van der Waals surface area contributed by atoms with E-state index in [0.717, 1.165) is 39.6 Å². The molecule has 0 aliphatic carbocycles. The Morgan fingerprint density at radius 1 is 0.912 bits per heavy atom. The van der Waals surface area contributed by atoms with Crippen LogP contribution in [0.5, 0.6) is 0 Å². The molecule has 34 heavy (non-hydrogen) atoms. The van der Waals surface area contributed by atoms with E-state index < -0.39 is 6.04 Å². The second-order valence-electron chi connectivity index (χ2n) is 8.60. The number of carbonyl (C=O) groups excluding carboxylic acids is 2. The van der Waals surface area contributed by atoms with Crippen LogP contribution in [-0.2, 0) is 29.0 Å². The van der Waals surface area contributed by atoms with E-state index in [9.17, 15) is 9.59 Å². The fourth-order valence-corrected chi connectivity index (χ4v) is 4.18. The molecule has 0 unspecified atom stereocenters. The van der Waals surface area contributed by atoms with Crippen molar-refractivity contribution in [2.45, 2.75) is 52.1 Å². The zero-order valence-electron chi connectivity index (χ0n) is 20.0. The second kappa shape index (κ2) is 13.1. The number of benzene rings is 3. The Kier molecular flexibility index (Phi) is 9.89. The number of nitrogens with zero attached hydrogens (tertiary/aromatic N) is 1. The molecule has 5 heteroatoms. The molecule has 3 rings (SSSR count). The van der Waals surface area contributed by atoms with E-state index in [2.05, 4.69) is 28.2 Å². The van der Waals surface area contributed by atoms with Gasteiger partial charge in [-0.25, -0.2) is 0 Å². The highest BCUT2D eigenvalue weighted by atomic mass is 79.9. The highest BCUT2D eigenvalue weighted by molar-refractivity contribution is 9.10. The summed E-state index contributed by atoms with van der Waals surface area (Å²) >= 11 is 3.48. The van der Waals surface area contributed by atoms with Gasteiger partial charge in [0.15, 0.2) is 0 Å². The number of hydrogen-bond acceptors (Lipinski definition) is 2. The first kappa shape index (κ1) is 25.7. The summed E-state index contributed by atoms with van der Waals surface area (Å²) in [6, 6.07) is 25.2. The maximum atomic E-state index is 13.7. The van der Waals surface area contributed by atoms with Crippen LogP contribution in [0.15, 0.2) is 83.3 Å². The number of aryl methyl sites for hydroxylation is 1. The van der Waals surface area contributed by atoms with Gasteiger partial charge < -0.3 is 10.2 Å². The summed E-state index contributed by atoms with van der Waals surface area (Å²) in [5.41, 5.74) is 4.08. The molecule has 2 amide bonds. The highest BCUT2D eigenvalue weighted by Crippen LogP contribution is 2.19. The normalized spacial score (nSPS) is 11.6. The van der Waals surface area contributed by atoms with Gasteiger partial charge in [-0.2, -0.15) is 0 Å². The molecule has 0 bridgehead atoms. The maximum Gasteiger partial charge on any atom is 0.243 e. The number of amides is 2. The Balaban J connectivity index is 1.94. The van der Waals surface area contributed by atoms with Crippen molar-refractivity contribution in [1.82, 2.24) is 10.2 Å². The van der Waals surface area contributed by atoms with Gasteiger partial charge >= 0.3 is 0 Å². The van der Waals surface area contributed by atoms with Crippen LogP contribution in [0.3, 0.4) is 0 Å². The van der Waals surface area contributed by atoms with Gasteiger partial charge in [-0.05, 0) is 47.7 Å². The number of unbranched alkanes of at least 4 members (excludes halogenated alkanes) is 1. The van der Waals surface area contributed by atoms with E-state index in [4.69, 9.17) is 0 Å². The van der Waals surface area contributed by atoms with Gasteiger partial charge in [0, 0.05) is 24.0 Å². The van der Waals surface area contributed by atoms with Crippen LogP contribution in [0.2, 0.25) is 0 Å². The molecule has 0 aromatic heterocycles. The Hall–Kier alpha value is -2.92. The summed E-state index contributed by atoms with van der Waals surface area (Å²) in [5, 5.41) is 3.07. The summed E-state index contributed by atoms with van der Waals surface area (Å²) in [5.74, 6) is -0.156. The molecular formula is C29H33BrN2O2. The molecule has 1 atom stereocenters. The first-order chi connectivity index (χ1) is 16.5. The van der Waals surface area contributed by atoms with Crippen LogP contribution < -0.4 is 5.32 Å². The van der Waals surface area contributed by atoms with Gasteiger partial charge in [-0.15, -0.1) is 0 Å². The molecule has 0 saturated heterocycles. The number of carbonyl (C=O) groups is 2. The quantitative estimate of drug-likeness (QED) is 0.322. The predicted molar refractivity (Wildman–Crippen MR) is 141 cm³/mol. The molecular weight excluding hydrogens is 488 g/mol. The standard InChI is InChI=1S/C29H33BrN2O2/c1-3-4-18-31-29(34)27(19-23-11-6-5-7-12-23)32(21-24-14-16-26(30)17-15-24)28(33)20-25-13-9-8-10-22(25)2/h5-17,27H,3-4,18-21H2,1-2H3,(H,31,34)/t27-/m0/s1. The molecule has 3 aromatic rings. The first-order valence-electron chi connectivity index (χ1n) is 11.9. The van der Waals surface area contributed by atoms with E-state index in [1.807, 2.05) is 85.8 Å². The van der Waals surface area contributed by atoms with E-state index in [1.165, 1.54) is 0 Å². The first-order valence-corrected chi connectivity index (χ1v) is 12.7. The largest absolute Gasteiger partial charge is 0.354 e. The molecule has 0 fully saturated rings. The Labute approximate surface area is 211 Å². The molecule has 4 nitrogen and oxygen atoms in total. The van der Waals surface area contributed by atoms with Gasteiger partial charge in [-0.1, -0.05) is 96.0 Å². The van der Waals surface area contributed by atoms with Crippen molar-refractivity contribution < 1.29 is 9.59 Å². The van der Waals surface area contributed by atoms with Crippen LogP contribution in [0.1, 0.15) is 42.0 Å². The van der Waals surface area contributed by atoms with Gasteiger partial charge in [0.25, 0.3) is 0 Å². The lowest BCUT2D eigenvalue weighted by Crippen LogP contribution is -2.51. The van der Waals surface area contributed by atoms with Crippen molar-refractivity contribution >= 4 is 27.7 Å². The number of nitrogens with one attached hydrogen (secondary N) is 1. The lowest BCUT2D eigenvalue weighted by Gasteiger charge is -2.32. The van der Waals surface area contributed by atoms with Crippen molar-refractivity contribution in [3.05, 3.63) is 106 Å². The minimum Gasteiger partial charge on any atom is -0.354 e. The minimum atomic E-state index is -0.598. The van der Waals surface area contributed by atoms with Crippen LogP contribution >= 0.6 is 15.9 Å². The highest BCUT2D eigenvalue weighted by Gasteiger charge is 2.30. The van der Waals surface area contributed by atoms with E-state index >= 15 is 0 Å². The van der Waals surface area contributed by atoms with Crippen molar-refractivity contribution in [2.24, 2.45) is 0 Å². The van der Waals surface area contributed by atoms with Crippen molar-refractivity contribution in [2.75, 3.05) is 6.54 Å². The number of rotatable bonds is 11. The van der Waals surface area contributed by atoms with Crippen LogP contribution in [0.25, 0.3) is 0 Å². The Morgan fingerprint density at radius 2 is 1.59 bits per heavy atom. The summed E-state index contributed by atoms with van der Waals surface area (Å²) in [4.78, 5) is 28.9.